The second-order valence-corrected chi connectivity index (χ2v) is 4.66. The average Bonchev–Trinajstić information content (AvgIpc) is 2.43. The number of hydrogen-bond acceptors (Lipinski definition) is 4. The van der Waals surface area contributed by atoms with Gasteiger partial charge in [-0.1, -0.05) is 15.9 Å². The van der Waals surface area contributed by atoms with Crippen molar-refractivity contribution >= 4 is 21.7 Å². The molecule has 1 atom stereocenters. The summed E-state index contributed by atoms with van der Waals surface area (Å²) in [6.45, 7) is 2.72. The predicted molar refractivity (Wildman–Crippen MR) is 60.6 cm³/mol. The quantitative estimate of drug-likeness (QED) is 0.752. The first-order valence-corrected chi connectivity index (χ1v) is 5.69. The van der Waals surface area contributed by atoms with Crippen LogP contribution in [0.2, 0.25) is 0 Å². The molecule has 5 nitrogen and oxygen atoms in total. The molecule has 1 aliphatic heterocycles. The topological polar surface area (TPSA) is 58.2 Å². The molecule has 0 saturated carbocycles. The minimum atomic E-state index is -0.154. The van der Waals surface area contributed by atoms with E-state index in [9.17, 15) is 4.79 Å². The van der Waals surface area contributed by atoms with E-state index in [1.165, 1.54) is 6.20 Å². The van der Waals surface area contributed by atoms with Crippen LogP contribution in [0.1, 0.15) is 0 Å². The number of anilines is 1. The van der Waals surface area contributed by atoms with Crippen LogP contribution in [0.25, 0.3) is 0 Å². The van der Waals surface area contributed by atoms with E-state index >= 15 is 0 Å². The largest absolute Gasteiger partial charge is 0.378 e. The summed E-state index contributed by atoms with van der Waals surface area (Å²) in [5.41, 5.74) is -0.154. The van der Waals surface area contributed by atoms with E-state index in [1.807, 2.05) is 4.90 Å². The molecule has 2 heterocycles. The first kappa shape index (κ1) is 10.6. The molecule has 15 heavy (non-hydrogen) atoms. The molecule has 0 amide bonds. The van der Waals surface area contributed by atoms with Crippen LogP contribution in [0.15, 0.2) is 17.2 Å². The third kappa shape index (κ3) is 2.57. The van der Waals surface area contributed by atoms with E-state index < -0.39 is 0 Å². The molecule has 0 aliphatic carbocycles. The Balaban J connectivity index is 2.22. The summed E-state index contributed by atoms with van der Waals surface area (Å²) < 4.78 is 5.37. The van der Waals surface area contributed by atoms with Gasteiger partial charge in [-0.3, -0.25) is 4.79 Å². The zero-order valence-electron chi connectivity index (χ0n) is 8.15. The van der Waals surface area contributed by atoms with Crippen molar-refractivity contribution < 1.29 is 4.74 Å². The highest BCUT2D eigenvalue weighted by atomic mass is 79.9. The third-order valence-corrected chi connectivity index (χ3v) is 2.77. The van der Waals surface area contributed by atoms with Gasteiger partial charge in [0.25, 0.3) is 5.56 Å². The van der Waals surface area contributed by atoms with Crippen LogP contribution in [-0.4, -0.2) is 41.1 Å². The second-order valence-electron chi connectivity index (χ2n) is 3.36. The molecule has 1 aromatic rings. The number of hydrogen-bond donors (Lipinski definition) is 1. The van der Waals surface area contributed by atoms with E-state index in [4.69, 9.17) is 4.74 Å². The van der Waals surface area contributed by atoms with Crippen LogP contribution in [-0.2, 0) is 4.74 Å². The lowest BCUT2D eigenvalue weighted by molar-refractivity contribution is 0.156. The number of alkyl halides is 1. The number of ether oxygens (including phenoxy) is 1. The van der Waals surface area contributed by atoms with Crippen LogP contribution in [0.3, 0.4) is 0 Å². The Morgan fingerprint density at radius 1 is 1.67 bits per heavy atom. The van der Waals surface area contributed by atoms with Gasteiger partial charge in [-0.15, -0.1) is 0 Å². The van der Waals surface area contributed by atoms with E-state index in [2.05, 4.69) is 25.9 Å². The maximum Gasteiger partial charge on any atom is 0.290 e. The Morgan fingerprint density at radius 2 is 2.53 bits per heavy atom. The van der Waals surface area contributed by atoms with Crippen LogP contribution >= 0.6 is 15.9 Å². The molecule has 0 bridgehead atoms. The maximum atomic E-state index is 11.5. The second kappa shape index (κ2) is 4.76. The number of rotatable bonds is 1. The maximum absolute atomic E-state index is 11.5. The molecule has 1 N–H and O–H groups in total. The lowest BCUT2D eigenvalue weighted by Crippen LogP contribution is -2.35. The first-order chi connectivity index (χ1) is 7.27. The number of nitrogens with one attached hydrogen (secondary N) is 1. The minimum Gasteiger partial charge on any atom is -0.378 e. The molecule has 0 radical (unpaired) electrons. The van der Waals surface area contributed by atoms with Crippen molar-refractivity contribution in [1.82, 2.24) is 9.97 Å². The van der Waals surface area contributed by atoms with Crippen molar-refractivity contribution in [1.29, 1.82) is 0 Å². The monoisotopic (exact) mass is 273 g/mol. The van der Waals surface area contributed by atoms with E-state index in [-0.39, 0.29) is 10.4 Å². The highest BCUT2D eigenvalue weighted by Gasteiger charge is 2.19. The van der Waals surface area contributed by atoms with Crippen LogP contribution in [0.4, 0.5) is 5.82 Å². The smallest absolute Gasteiger partial charge is 0.290 e. The number of aromatic nitrogens is 2. The summed E-state index contributed by atoms with van der Waals surface area (Å²) in [5.74, 6) is 0.465. The Labute approximate surface area is 95.6 Å². The van der Waals surface area contributed by atoms with Crippen LogP contribution in [0.5, 0.6) is 0 Å². The van der Waals surface area contributed by atoms with Gasteiger partial charge < -0.3 is 14.6 Å². The highest BCUT2D eigenvalue weighted by molar-refractivity contribution is 9.09. The molecule has 1 unspecified atom stereocenters. The number of nitrogens with zero attached hydrogens (tertiary/aromatic N) is 2. The Morgan fingerprint density at radius 3 is 3.33 bits per heavy atom. The van der Waals surface area contributed by atoms with Gasteiger partial charge in [-0.05, 0) is 0 Å². The van der Waals surface area contributed by atoms with Crippen molar-refractivity contribution in [2.75, 3.05) is 31.2 Å². The fourth-order valence-electron chi connectivity index (χ4n) is 1.53. The summed E-state index contributed by atoms with van der Waals surface area (Å²) >= 11 is 3.49. The number of halogens is 1. The average molecular weight is 274 g/mol. The molecular weight excluding hydrogens is 262 g/mol. The lowest BCUT2D eigenvalue weighted by Gasteiger charge is -2.20. The van der Waals surface area contributed by atoms with Gasteiger partial charge in [0.05, 0.1) is 18.0 Å². The molecule has 0 spiro atoms. The third-order valence-electron chi connectivity index (χ3n) is 2.21. The normalized spacial score (nSPS) is 22.5. The molecule has 2 rings (SSSR count). The summed E-state index contributed by atoms with van der Waals surface area (Å²) in [5, 5.41) is 0. The fourth-order valence-corrected chi connectivity index (χ4v) is 2.07. The molecule has 0 aromatic carbocycles. The highest BCUT2D eigenvalue weighted by Crippen LogP contribution is 2.11. The van der Waals surface area contributed by atoms with Gasteiger partial charge in [-0.2, -0.15) is 0 Å². The number of H-pyrrole nitrogens is 1. The van der Waals surface area contributed by atoms with Crippen LogP contribution in [0, 0.1) is 0 Å². The first-order valence-electron chi connectivity index (χ1n) is 4.78. The predicted octanol–water partition coefficient (Wildman–Crippen LogP) is 0.370. The standard InChI is InChI=1S/C9H12BrN3O2/c10-7-5-13(3-4-15-6-7)8-9(14)12-2-1-11-8/h1-2,7H,3-6H2,(H,12,14). The van der Waals surface area contributed by atoms with Gasteiger partial charge >= 0.3 is 0 Å². The van der Waals surface area contributed by atoms with Gasteiger partial charge in [0.1, 0.15) is 0 Å². The van der Waals surface area contributed by atoms with E-state index in [0.29, 0.717) is 25.6 Å². The Kier molecular flexibility index (Phi) is 3.37. The summed E-state index contributed by atoms with van der Waals surface area (Å²) in [7, 11) is 0. The van der Waals surface area contributed by atoms with E-state index in [1.54, 1.807) is 6.20 Å². The van der Waals surface area contributed by atoms with Crippen molar-refractivity contribution in [2.45, 2.75) is 4.83 Å². The number of aromatic amines is 1. The zero-order chi connectivity index (χ0) is 10.7. The molecule has 1 fully saturated rings. The lowest BCUT2D eigenvalue weighted by atomic mass is 10.4. The van der Waals surface area contributed by atoms with E-state index in [0.717, 1.165) is 6.54 Å². The SMILES string of the molecule is O=c1[nH]ccnc1N1CCOCC(Br)C1. The minimum absolute atomic E-state index is 0.154. The van der Waals surface area contributed by atoms with Gasteiger partial charge in [0.2, 0.25) is 0 Å². The van der Waals surface area contributed by atoms with Crippen molar-refractivity contribution in [3.05, 3.63) is 22.7 Å². The summed E-state index contributed by atoms with van der Waals surface area (Å²) in [6.07, 6.45) is 3.12. The summed E-state index contributed by atoms with van der Waals surface area (Å²) in [4.78, 5) is 20.4. The Hall–Kier alpha value is -0.880. The molecule has 1 aliphatic rings. The molecule has 6 heteroatoms. The molecule has 1 aromatic heterocycles. The molecular formula is C9H12BrN3O2. The summed E-state index contributed by atoms with van der Waals surface area (Å²) in [6, 6.07) is 0. The van der Waals surface area contributed by atoms with Crippen molar-refractivity contribution in [3.8, 4) is 0 Å². The molecule has 82 valence electrons. The van der Waals surface area contributed by atoms with Crippen molar-refractivity contribution in [2.24, 2.45) is 0 Å². The fraction of sp³-hybridized carbons (Fsp3) is 0.556. The van der Waals surface area contributed by atoms with Crippen LogP contribution < -0.4 is 10.5 Å². The van der Waals surface area contributed by atoms with Gasteiger partial charge in [0.15, 0.2) is 5.82 Å². The van der Waals surface area contributed by atoms with Crippen molar-refractivity contribution in [3.63, 3.8) is 0 Å². The van der Waals surface area contributed by atoms with Gasteiger partial charge in [-0.25, -0.2) is 4.98 Å². The Bertz CT molecular complexity index is 382. The van der Waals surface area contributed by atoms with Gasteiger partial charge in [0, 0.05) is 25.5 Å². The zero-order valence-corrected chi connectivity index (χ0v) is 9.74. The molecule has 1 saturated heterocycles.